The van der Waals surface area contributed by atoms with Crippen LogP contribution in [0, 0.1) is 5.92 Å². The van der Waals surface area contributed by atoms with Gasteiger partial charge in [-0.25, -0.2) is 4.98 Å². The first-order valence-corrected chi connectivity index (χ1v) is 7.84. The maximum atomic E-state index is 4.77. The van der Waals surface area contributed by atoms with E-state index in [2.05, 4.69) is 55.7 Å². The molecule has 104 valence electrons. The lowest BCUT2D eigenvalue weighted by atomic mass is 10.2. The number of nitrogens with one attached hydrogen (secondary N) is 1. The Hall–Kier alpha value is -1.00. The van der Waals surface area contributed by atoms with Crippen LogP contribution in [-0.2, 0) is 6.54 Å². The van der Waals surface area contributed by atoms with Gasteiger partial charge >= 0.3 is 0 Å². The molecule has 1 unspecified atom stereocenters. The zero-order chi connectivity index (χ0) is 13.8. The van der Waals surface area contributed by atoms with E-state index in [0.29, 0.717) is 11.2 Å². The van der Waals surface area contributed by atoms with Crippen molar-refractivity contribution in [3.05, 3.63) is 30.1 Å². The number of thioether (sulfide) groups is 1. The normalized spacial score (nSPS) is 13.3. The van der Waals surface area contributed by atoms with Gasteiger partial charge in [0.2, 0.25) is 0 Å². The highest BCUT2D eigenvalue weighted by Crippen LogP contribution is 2.30. The monoisotopic (exact) mass is 277 g/mol. The molecule has 0 bridgehead atoms. The highest BCUT2D eigenvalue weighted by molar-refractivity contribution is 7.99. The minimum absolute atomic E-state index is 0.574. The van der Waals surface area contributed by atoms with Crippen molar-refractivity contribution >= 4 is 17.4 Å². The van der Waals surface area contributed by atoms with Crippen LogP contribution in [0.4, 0.5) is 0 Å². The molecular weight excluding hydrogens is 254 g/mol. The lowest BCUT2D eigenvalue weighted by molar-refractivity contribution is 0.640. The van der Waals surface area contributed by atoms with Crippen LogP contribution in [0.2, 0.25) is 0 Å². The molecule has 3 nitrogen and oxygen atoms in total. The molecule has 19 heavy (non-hydrogen) atoms. The second kappa shape index (κ2) is 6.44. The summed E-state index contributed by atoms with van der Waals surface area (Å²) in [6, 6.07) is 6.17. The molecule has 4 heteroatoms. The molecule has 2 aromatic rings. The van der Waals surface area contributed by atoms with Crippen LogP contribution in [0.15, 0.2) is 29.4 Å². The van der Waals surface area contributed by atoms with Gasteiger partial charge in [0.1, 0.15) is 10.7 Å². The highest BCUT2D eigenvalue weighted by Gasteiger charge is 2.16. The molecule has 2 rings (SSSR count). The predicted molar refractivity (Wildman–Crippen MR) is 82.7 cm³/mol. The average Bonchev–Trinajstić information content (AvgIpc) is 2.73. The summed E-state index contributed by atoms with van der Waals surface area (Å²) in [4.78, 5) is 4.77. The van der Waals surface area contributed by atoms with Crippen molar-refractivity contribution in [1.29, 1.82) is 0 Å². The largest absolute Gasteiger partial charge is 0.311 e. The molecular formula is C15H23N3S. The summed E-state index contributed by atoms with van der Waals surface area (Å²) in [5.41, 5.74) is 2.31. The first-order valence-electron chi connectivity index (χ1n) is 6.96. The molecule has 0 amide bonds. The first kappa shape index (κ1) is 14.4. The summed E-state index contributed by atoms with van der Waals surface area (Å²) in [7, 11) is 0. The van der Waals surface area contributed by atoms with Crippen LogP contribution in [0.3, 0.4) is 0 Å². The van der Waals surface area contributed by atoms with Crippen molar-refractivity contribution in [3.8, 4) is 0 Å². The van der Waals surface area contributed by atoms with Crippen molar-refractivity contribution in [2.24, 2.45) is 5.92 Å². The average molecular weight is 277 g/mol. The topological polar surface area (TPSA) is 29.3 Å². The molecule has 1 atom stereocenters. The number of pyridine rings is 1. The molecule has 0 aliphatic heterocycles. The lowest BCUT2D eigenvalue weighted by Crippen LogP contribution is -2.14. The van der Waals surface area contributed by atoms with E-state index in [1.807, 2.05) is 17.8 Å². The second-order valence-electron chi connectivity index (χ2n) is 5.14. The molecule has 0 saturated heterocycles. The van der Waals surface area contributed by atoms with Gasteiger partial charge in [-0.15, -0.1) is 11.8 Å². The second-order valence-corrected chi connectivity index (χ2v) is 6.51. The number of imidazole rings is 1. The highest BCUT2D eigenvalue weighted by atomic mass is 32.2. The molecule has 0 fully saturated rings. The maximum Gasteiger partial charge on any atom is 0.138 e. The number of hydrogen-bond acceptors (Lipinski definition) is 3. The minimum atomic E-state index is 0.574. The summed E-state index contributed by atoms with van der Waals surface area (Å²) in [5.74, 6) is 0.654. The van der Waals surface area contributed by atoms with Gasteiger partial charge in [0, 0.05) is 18.0 Å². The van der Waals surface area contributed by atoms with Gasteiger partial charge in [-0.2, -0.15) is 0 Å². The van der Waals surface area contributed by atoms with Crippen molar-refractivity contribution in [1.82, 2.24) is 14.7 Å². The smallest absolute Gasteiger partial charge is 0.138 e. The Kier molecular flexibility index (Phi) is 4.88. The van der Waals surface area contributed by atoms with E-state index in [9.17, 15) is 0 Å². The van der Waals surface area contributed by atoms with E-state index in [0.717, 1.165) is 23.8 Å². The quantitative estimate of drug-likeness (QED) is 0.818. The van der Waals surface area contributed by atoms with Gasteiger partial charge in [-0.3, -0.25) is 0 Å². The number of nitrogens with zero attached hydrogens (tertiary/aromatic N) is 2. The molecule has 2 aromatic heterocycles. The van der Waals surface area contributed by atoms with Crippen molar-refractivity contribution in [2.75, 3.05) is 6.54 Å². The standard InChI is InChI=1S/C15H23N3S/c1-5-16-10-13-15(19-12(4)11(2)3)17-14-8-6-7-9-18(13)14/h6-9,11-12,16H,5,10H2,1-4H3. The van der Waals surface area contributed by atoms with Gasteiger partial charge in [0.25, 0.3) is 0 Å². The summed E-state index contributed by atoms with van der Waals surface area (Å²) in [6.45, 7) is 10.8. The molecule has 0 radical (unpaired) electrons. The molecule has 0 aliphatic carbocycles. The molecule has 0 spiro atoms. The van der Waals surface area contributed by atoms with Crippen LogP contribution < -0.4 is 5.32 Å². The fraction of sp³-hybridized carbons (Fsp3) is 0.533. The van der Waals surface area contributed by atoms with Gasteiger partial charge in [0.05, 0.1) is 5.69 Å². The number of hydrogen-bond donors (Lipinski definition) is 1. The third kappa shape index (κ3) is 3.31. The third-order valence-corrected chi connectivity index (χ3v) is 4.84. The fourth-order valence-corrected chi connectivity index (χ4v) is 2.91. The Morgan fingerprint density at radius 2 is 2.11 bits per heavy atom. The van der Waals surface area contributed by atoms with Crippen LogP contribution in [0.1, 0.15) is 33.4 Å². The third-order valence-electron chi connectivity index (χ3n) is 3.37. The summed E-state index contributed by atoms with van der Waals surface area (Å²) >= 11 is 1.88. The Morgan fingerprint density at radius 1 is 1.32 bits per heavy atom. The van der Waals surface area contributed by atoms with Crippen LogP contribution >= 0.6 is 11.8 Å². The van der Waals surface area contributed by atoms with E-state index >= 15 is 0 Å². The summed E-state index contributed by atoms with van der Waals surface area (Å²) in [6.07, 6.45) is 2.10. The first-order chi connectivity index (χ1) is 9.13. The van der Waals surface area contributed by atoms with Crippen molar-refractivity contribution in [2.45, 2.75) is 44.5 Å². The maximum absolute atomic E-state index is 4.77. The Morgan fingerprint density at radius 3 is 2.79 bits per heavy atom. The Labute approximate surface area is 119 Å². The SMILES string of the molecule is CCNCc1c(SC(C)C(C)C)nc2ccccn12. The molecule has 1 N–H and O–H groups in total. The Balaban J connectivity index is 2.35. The van der Waals surface area contributed by atoms with Crippen LogP contribution in [-0.4, -0.2) is 21.2 Å². The van der Waals surface area contributed by atoms with Crippen LogP contribution in [0.25, 0.3) is 5.65 Å². The molecule has 0 aromatic carbocycles. The van der Waals surface area contributed by atoms with Gasteiger partial charge in [0.15, 0.2) is 0 Å². The molecule has 2 heterocycles. The zero-order valence-corrected chi connectivity index (χ0v) is 13.0. The number of rotatable bonds is 6. The van der Waals surface area contributed by atoms with Crippen molar-refractivity contribution in [3.63, 3.8) is 0 Å². The van der Waals surface area contributed by atoms with E-state index in [-0.39, 0.29) is 0 Å². The van der Waals surface area contributed by atoms with Crippen LogP contribution in [0.5, 0.6) is 0 Å². The van der Waals surface area contributed by atoms with Gasteiger partial charge in [-0.1, -0.05) is 33.8 Å². The van der Waals surface area contributed by atoms with E-state index in [1.54, 1.807) is 0 Å². The van der Waals surface area contributed by atoms with Gasteiger partial charge < -0.3 is 9.72 Å². The van der Waals surface area contributed by atoms with E-state index in [1.165, 1.54) is 5.69 Å². The Bertz CT molecular complexity index is 533. The molecule has 0 saturated carbocycles. The zero-order valence-electron chi connectivity index (χ0n) is 12.2. The number of aromatic nitrogens is 2. The summed E-state index contributed by atoms with van der Waals surface area (Å²) in [5, 5.41) is 5.15. The molecule has 0 aliphatic rings. The minimum Gasteiger partial charge on any atom is -0.311 e. The van der Waals surface area contributed by atoms with E-state index in [4.69, 9.17) is 4.98 Å². The number of fused-ring (bicyclic) bond motifs is 1. The summed E-state index contributed by atoms with van der Waals surface area (Å²) < 4.78 is 2.19. The predicted octanol–water partition coefficient (Wildman–Crippen LogP) is 3.58. The lowest BCUT2D eigenvalue weighted by Gasteiger charge is -2.14. The van der Waals surface area contributed by atoms with Gasteiger partial charge in [-0.05, 0) is 24.6 Å². The van der Waals surface area contributed by atoms with E-state index < -0.39 is 0 Å². The van der Waals surface area contributed by atoms with Crippen molar-refractivity contribution < 1.29 is 0 Å². The fourth-order valence-electron chi connectivity index (χ4n) is 1.84.